The van der Waals surface area contributed by atoms with Gasteiger partial charge in [0.05, 0.1) is 21.3 Å². The molecule has 28 heavy (non-hydrogen) atoms. The number of hydrogen-bond donors (Lipinski definition) is 1. The van der Waals surface area contributed by atoms with Crippen LogP contribution >= 0.6 is 0 Å². The first-order chi connectivity index (χ1) is 13.5. The van der Waals surface area contributed by atoms with E-state index < -0.39 is 12.4 Å². The van der Waals surface area contributed by atoms with E-state index in [9.17, 15) is 14.7 Å². The molecule has 0 amide bonds. The Hall–Kier alpha value is -3.45. The fourth-order valence-electron chi connectivity index (χ4n) is 2.96. The lowest BCUT2D eigenvalue weighted by molar-refractivity contribution is 0.0904. The van der Waals surface area contributed by atoms with Crippen LogP contribution in [0.2, 0.25) is 0 Å². The summed E-state index contributed by atoms with van der Waals surface area (Å²) in [4.78, 5) is 29.5. The average Bonchev–Trinajstić information content (AvgIpc) is 2.76. The number of benzene rings is 2. The van der Waals surface area contributed by atoms with Gasteiger partial charge in [-0.25, -0.2) is 0 Å². The summed E-state index contributed by atoms with van der Waals surface area (Å²) < 4.78 is 15.8. The maximum atomic E-state index is 13.1. The predicted octanol–water partition coefficient (Wildman–Crippen LogP) is 2.67. The Morgan fingerprint density at radius 1 is 0.964 bits per heavy atom. The highest BCUT2D eigenvalue weighted by Crippen LogP contribution is 2.35. The summed E-state index contributed by atoms with van der Waals surface area (Å²) in [5, 5.41) is 10.1. The Bertz CT molecular complexity index is 1060. The third-order valence-electron chi connectivity index (χ3n) is 4.38. The second kappa shape index (κ2) is 8.06. The van der Waals surface area contributed by atoms with Crippen LogP contribution in [0, 0.1) is 0 Å². The third-order valence-corrected chi connectivity index (χ3v) is 4.38. The highest BCUT2D eigenvalue weighted by Gasteiger charge is 2.21. The smallest absolute Gasteiger partial charge is 0.212 e. The lowest BCUT2D eigenvalue weighted by Gasteiger charge is -2.13. The van der Waals surface area contributed by atoms with Crippen LogP contribution < -0.4 is 14.2 Å². The van der Waals surface area contributed by atoms with Crippen LogP contribution in [0.5, 0.6) is 17.2 Å². The molecule has 0 spiro atoms. The molecule has 1 heterocycles. The van der Waals surface area contributed by atoms with Gasteiger partial charge in [-0.3, -0.25) is 14.6 Å². The third kappa shape index (κ3) is 3.39. The van der Waals surface area contributed by atoms with E-state index in [0.29, 0.717) is 33.6 Å². The van der Waals surface area contributed by atoms with Gasteiger partial charge in [0, 0.05) is 28.1 Å². The van der Waals surface area contributed by atoms with Crippen molar-refractivity contribution in [2.75, 3.05) is 27.9 Å². The number of nitrogens with zero attached hydrogens (tertiary/aromatic N) is 1. The zero-order valence-electron chi connectivity index (χ0n) is 15.7. The van der Waals surface area contributed by atoms with E-state index in [4.69, 9.17) is 14.2 Å². The molecule has 1 N–H and O–H groups in total. The fraction of sp³-hybridized carbons (Fsp3) is 0.190. The Morgan fingerprint density at radius 3 is 2.25 bits per heavy atom. The number of aliphatic hydroxyl groups excluding tert-OH is 1. The quantitative estimate of drug-likeness (QED) is 0.629. The van der Waals surface area contributed by atoms with Crippen molar-refractivity contribution >= 4 is 22.3 Å². The van der Waals surface area contributed by atoms with Gasteiger partial charge in [-0.15, -0.1) is 0 Å². The Labute approximate surface area is 161 Å². The van der Waals surface area contributed by atoms with Crippen molar-refractivity contribution in [2.24, 2.45) is 0 Å². The number of aromatic nitrogens is 1. The molecular weight excluding hydrogens is 362 g/mol. The molecule has 144 valence electrons. The van der Waals surface area contributed by atoms with Gasteiger partial charge in [0.25, 0.3) is 0 Å². The predicted molar refractivity (Wildman–Crippen MR) is 103 cm³/mol. The SMILES string of the molecule is COc1cccc(C(=O)c2ncc(C(=O)CO)c3cc(OC)c(OC)cc23)c1. The zero-order chi connectivity index (χ0) is 20.3. The van der Waals surface area contributed by atoms with Crippen molar-refractivity contribution in [3.63, 3.8) is 0 Å². The number of hydrogen-bond acceptors (Lipinski definition) is 7. The maximum absolute atomic E-state index is 13.1. The molecule has 0 fully saturated rings. The van der Waals surface area contributed by atoms with Crippen molar-refractivity contribution in [1.82, 2.24) is 4.98 Å². The second-order valence-corrected chi connectivity index (χ2v) is 5.92. The molecule has 7 nitrogen and oxygen atoms in total. The molecule has 0 bridgehead atoms. The number of aliphatic hydroxyl groups is 1. The van der Waals surface area contributed by atoms with Crippen molar-refractivity contribution in [1.29, 1.82) is 0 Å². The molecule has 0 unspecified atom stereocenters. The summed E-state index contributed by atoms with van der Waals surface area (Å²) in [7, 11) is 4.47. The molecule has 0 aliphatic rings. The van der Waals surface area contributed by atoms with E-state index in [-0.39, 0.29) is 17.0 Å². The number of carbonyl (C=O) groups excluding carboxylic acids is 2. The lowest BCUT2D eigenvalue weighted by atomic mass is 9.97. The molecule has 0 atom stereocenters. The Balaban J connectivity index is 2.28. The maximum Gasteiger partial charge on any atom is 0.212 e. The molecule has 3 aromatic rings. The topological polar surface area (TPSA) is 95.0 Å². The van der Waals surface area contributed by atoms with E-state index >= 15 is 0 Å². The van der Waals surface area contributed by atoms with Crippen LogP contribution in [0.15, 0.2) is 42.6 Å². The lowest BCUT2D eigenvalue weighted by Crippen LogP contribution is -2.11. The first-order valence-corrected chi connectivity index (χ1v) is 8.41. The minimum Gasteiger partial charge on any atom is -0.497 e. The minimum absolute atomic E-state index is 0.152. The molecule has 0 radical (unpaired) electrons. The molecule has 0 aliphatic carbocycles. The number of carbonyl (C=O) groups is 2. The monoisotopic (exact) mass is 381 g/mol. The van der Waals surface area contributed by atoms with Gasteiger partial charge in [-0.05, 0) is 24.3 Å². The van der Waals surface area contributed by atoms with E-state index in [2.05, 4.69) is 4.98 Å². The van der Waals surface area contributed by atoms with Crippen LogP contribution in [0.25, 0.3) is 10.8 Å². The molecule has 1 aromatic heterocycles. The number of fused-ring (bicyclic) bond motifs is 1. The molecule has 0 saturated heterocycles. The molecule has 3 rings (SSSR count). The normalized spacial score (nSPS) is 10.6. The molecule has 7 heteroatoms. The minimum atomic E-state index is -0.672. The van der Waals surface area contributed by atoms with Gasteiger partial charge in [-0.2, -0.15) is 0 Å². The highest BCUT2D eigenvalue weighted by atomic mass is 16.5. The van der Waals surface area contributed by atoms with Crippen LogP contribution in [0.1, 0.15) is 26.4 Å². The second-order valence-electron chi connectivity index (χ2n) is 5.92. The zero-order valence-corrected chi connectivity index (χ0v) is 15.7. The standard InChI is InChI=1S/C21H19NO6/c1-26-13-6-4-5-12(7-13)21(25)20-15-9-19(28-3)18(27-2)8-14(15)16(10-22-20)17(24)11-23/h4-10,23H,11H2,1-3H3. The number of ether oxygens (including phenoxy) is 3. The summed E-state index contributed by atoms with van der Waals surface area (Å²) in [5.74, 6) is 0.490. The highest BCUT2D eigenvalue weighted by molar-refractivity contribution is 6.19. The summed E-state index contributed by atoms with van der Waals surface area (Å²) >= 11 is 0. The summed E-state index contributed by atoms with van der Waals surface area (Å²) in [6.45, 7) is -0.672. The van der Waals surface area contributed by atoms with Gasteiger partial charge in [0.15, 0.2) is 17.3 Å². The Morgan fingerprint density at radius 2 is 1.64 bits per heavy atom. The van der Waals surface area contributed by atoms with E-state index in [1.54, 1.807) is 36.4 Å². The largest absolute Gasteiger partial charge is 0.497 e. The number of pyridine rings is 1. The van der Waals surface area contributed by atoms with Crippen molar-refractivity contribution in [3.8, 4) is 17.2 Å². The van der Waals surface area contributed by atoms with Crippen molar-refractivity contribution < 1.29 is 28.9 Å². The average molecular weight is 381 g/mol. The van der Waals surface area contributed by atoms with E-state index in [1.165, 1.54) is 27.5 Å². The van der Waals surface area contributed by atoms with Crippen LogP contribution in [0.3, 0.4) is 0 Å². The molecule has 0 saturated carbocycles. The fourth-order valence-corrected chi connectivity index (χ4v) is 2.96. The molecule has 2 aromatic carbocycles. The number of methoxy groups -OCH3 is 3. The van der Waals surface area contributed by atoms with Crippen LogP contribution in [-0.2, 0) is 0 Å². The van der Waals surface area contributed by atoms with Crippen LogP contribution in [-0.4, -0.2) is 49.6 Å². The molecule has 0 aliphatic heterocycles. The number of Topliss-reactive ketones (excluding diaryl/α,β-unsaturated/α-hetero) is 1. The summed E-state index contributed by atoms with van der Waals surface area (Å²) in [6, 6.07) is 9.92. The number of rotatable bonds is 7. The van der Waals surface area contributed by atoms with Gasteiger partial charge in [0.2, 0.25) is 5.78 Å². The van der Waals surface area contributed by atoms with Gasteiger partial charge in [-0.1, -0.05) is 12.1 Å². The first kappa shape index (κ1) is 19.3. The van der Waals surface area contributed by atoms with Gasteiger partial charge in [0.1, 0.15) is 18.1 Å². The summed E-state index contributed by atoms with van der Waals surface area (Å²) in [6.07, 6.45) is 1.29. The van der Waals surface area contributed by atoms with Crippen molar-refractivity contribution in [3.05, 3.63) is 59.4 Å². The molecular formula is C21H19NO6. The van der Waals surface area contributed by atoms with Crippen LogP contribution in [0.4, 0.5) is 0 Å². The van der Waals surface area contributed by atoms with E-state index in [1.807, 2.05) is 0 Å². The summed E-state index contributed by atoms with van der Waals surface area (Å²) in [5.41, 5.74) is 0.739. The van der Waals surface area contributed by atoms with Gasteiger partial charge < -0.3 is 19.3 Å². The van der Waals surface area contributed by atoms with Gasteiger partial charge >= 0.3 is 0 Å². The Kier molecular flexibility index (Phi) is 5.56. The van der Waals surface area contributed by atoms with E-state index in [0.717, 1.165) is 0 Å². The number of ketones is 2. The first-order valence-electron chi connectivity index (χ1n) is 8.41. The van der Waals surface area contributed by atoms with Crippen molar-refractivity contribution in [2.45, 2.75) is 0 Å².